The van der Waals surface area contributed by atoms with Gasteiger partial charge in [-0.05, 0) is 31.5 Å². The van der Waals surface area contributed by atoms with E-state index in [0.717, 1.165) is 23.5 Å². The van der Waals surface area contributed by atoms with Crippen LogP contribution in [0, 0.1) is 6.92 Å². The first kappa shape index (κ1) is 11.5. The molecule has 2 rings (SSSR count). The molecule has 0 fully saturated rings. The van der Waals surface area contributed by atoms with Crippen molar-refractivity contribution in [3.8, 4) is 0 Å². The van der Waals surface area contributed by atoms with Crippen LogP contribution in [0.3, 0.4) is 0 Å². The van der Waals surface area contributed by atoms with E-state index >= 15 is 0 Å². The number of rotatable bonds is 4. The van der Waals surface area contributed by atoms with Crippen LogP contribution in [-0.2, 0) is 6.54 Å². The van der Waals surface area contributed by atoms with Crippen LogP contribution in [-0.4, -0.2) is 15.8 Å². The molecule has 4 nitrogen and oxygen atoms in total. The van der Waals surface area contributed by atoms with Crippen molar-refractivity contribution in [1.82, 2.24) is 9.78 Å². The van der Waals surface area contributed by atoms with Crippen LogP contribution >= 0.6 is 0 Å². The summed E-state index contributed by atoms with van der Waals surface area (Å²) in [5.74, 6) is 0. The minimum absolute atomic E-state index is 0.276. The second-order valence-corrected chi connectivity index (χ2v) is 4.31. The van der Waals surface area contributed by atoms with E-state index in [9.17, 15) is 0 Å². The van der Waals surface area contributed by atoms with Crippen LogP contribution in [0.15, 0.2) is 36.7 Å². The average Bonchev–Trinajstić information content (AvgIpc) is 2.76. The van der Waals surface area contributed by atoms with Gasteiger partial charge in [-0.3, -0.25) is 4.68 Å². The maximum Gasteiger partial charge on any atom is 0.0608 e. The molecule has 0 saturated heterocycles. The van der Waals surface area contributed by atoms with E-state index in [4.69, 9.17) is 5.73 Å². The van der Waals surface area contributed by atoms with Gasteiger partial charge in [0.2, 0.25) is 0 Å². The van der Waals surface area contributed by atoms with Crippen molar-refractivity contribution in [2.24, 2.45) is 0 Å². The van der Waals surface area contributed by atoms with E-state index in [1.54, 1.807) is 6.20 Å². The highest BCUT2D eigenvalue weighted by atomic mass is 15.3. The molecule has 2 aromatic rings. The number of nitrogens with one attached hydrogen (secondary N) is 1. The number of hydrogen-bond donors (Lipinski definition) is 2. The zero-order valence-electron chi connectivity index (χ0n) is 10.2. The number of aryl methyl sites for hydroxylation is 1. The number of nitrogens with zero attached hydrogens (tertiary/aromatic N) is 2. The highest BCUT2D eigenvalue weighted by Crippen LogP contribution is 2.23. The molecule has 0 spiro atoms. The quantitative estimate of drug-likeness (QED) is 0.792. The first-order valence-electron chi connectivity index (χ1n) is 5.76. The topological polar surface area (TPSA) is 55.9 Å². The van der Waals surface area contributed by atoms with E-state index in [1.165, 1.54) is 0 Å². The third-order valence-corrected chi connectivity index (χ3v) is 2.72. The highest BCUT2D eigenvalue weighted by molar-refractivity contribution is 5.70. The Hall–Kier alpha value is -1.97. The molecule has 90 valence electrons. The molecule has 0 aliphatic rings. The summed E-state index contributed by atoms with van der Waals surface area (Å²) >= 11 is 0. The largest absolute Gasteiger partial charge is 0.397 e. The number of hydrogen-bond acceptors (Lipinski definition) is 3. The van der Waals surface area contributed by atoms with Crippen LogP contribution in [0.5, 0.6) is 0 Å². The minimum atomic E-state index is 0.276. The zero-order valence-corrected chi connectivity index (χ0v) is 10.2. The zero-order chi connectivity index (χ0) is 12.3. The van der Waals surface area contributed by atoms with Gasteiger partial charge in [-0.2, -0.15) is 5.10 Å². The number of nitrogens with two attached hydrogens (primary N) is 1. The summed E-state index contributed by atoms with van der Waals surface area (Å²) in [5, 5.41) is 7.62. The Morgan fingerprint density at radius 3 is 2.88 bits per heavy atom. The first-order valence-corrected chi connectivity index (χ1v) is 5.76. The Bertz CT molecular complexity index is 456. The Kier molecular flexibility index (Phi) is 3.32. The molecule has 0 bridgehead atoms. The van der Waals surface area contributed by atoms with Gasteiger partial charge < -0.3 is 11.1 Å². The van der Waals surface area contributed by atoms with Crippen molar-refractivity contribution in [2.75, 3.05) is 11.1 Å². The van der Waals surface area contributed by atoms with E-state index in [2.05, 4.69) is 30.3 Å². The molecule has 4 heteroatoms. The molecular formula is C13H18N4. The van der Waals surface area contributed by atoms with E-state index in [-0.39, 0.29) is 6.04 Å². The Morgan fingerprint density at radius 2 is 2.24 bits per heavy atom. The lowest BCUT2D eigenvalue weighted by molar-refractivity contribution is 0.561. The van der Waals surface area contributed by atoms with Crippen LogP contribution in [0.1, 0.15) is 12.5 Å². The van der Waals surface area contributed by atoms with Crippen LogP contribution in [0.4, 0.5) is 11.4 Å². The second kappa shape index (κ2) is 4.91. The Labute approximate surface area is 101 Å². The molecule has 1 aromatic heterocycles. The summed E-state index contributed by atoms with van der Waals surface area (Å²) in [6.07, 6.45) is 3.74. The molecule has 0 aliphatic carbocycles. The summed E-state index contributed by atoms with van der Waals surface area (Å²) in [4.78, 5) is 0. The van der Waals surface area contributed by atoms with Crippen LogP contribution in [0.2, 0.25) is 0 Å². The molecule has 3 N–H and O–H groups in total. The normalized spacial score (nSPS) is 12.4. The van der Waals surface area contributed by atoms with E-state index < -0.39 is 0 Å². The van der Waals surface area contributed by atoms with Gasteiger partial charge in [-0.15, -0.1) is 0 Å². The summed E-state index contributed by atoms with van der Waals surface area (Å²) in [7, 11) is 0. The molecule has 1 atom stereocenters. The third-order valence-electron chi connectivity index (χ3n) is 2.72. The molecule has 0 saturated carbocycles. The molecule has 1 unspecified atom stereocenters. The number of para-hydroxylation sites is 1. The summed E-state index contributed by atoms with van der Waals surface area (Å²) in [5.41, 5.74) is 8.93. The van der Waals surface area contributed by atoms with Gasteiger partial charge in [0.25, 0.3) is 0 Å². The van der Waals surface area contributed by atoms with E-state index in [1.807, 2.05) is 29.1 Å². The van der Waals surface area contributed by atoms with Crippen molar-refractivity contribution in [3.63, 3.8) is 0 Å². The maximum absolute atomic E-state index is 5.96. The summed E-state index contributed by atoms with van der Waals surface area (Å²) in [6, 6.07) is 8.14. The van der Waals surface area contributed by atoms with Gasteiger partial charge in [-0.1, -0.05) is 12.1 Å². The van der Waals surface area contributed by atoms with E-state index in [0.29, 0.717) is 0 Å². The van der Waals surface area contributed by atoms with Gasteiger partial charge in [0.15, 0.2) is 0 Å². The highest BCUT2D eigenvalue weighted by Gasteiger charge is 2.07. The molecular weight excluding hydrogens is 212 g/mol. The number of aromatic nitrogens is 2. The van der Waals surface area contributed by atoms with Crippen LogP contribution in [0.25, 0.3) is 0 Å². The fourth-order valence-corrected chi connectivity index (χ4v) is 1.87. The molecule has 1 aromatic carbocycles. The standard InChI is InChI=1S/C13H18N4/c1-10-5-3-6-12(14)13(10)16-11(2)9-17-8-4-7-15-17/h3-8,11,16H,9,14H2,1-2H3. The summed E-state index contributed by atoms with van der Waals surface area (Å²) in [6.45, 7) is 4.99. The van der Waals surface area contributed by atoms with Gasteiger partial charge in [0.1, 0.15) is 0 Å². The fourth-order valence-electron chi connectivity index (χ4n) is 1.87. The van der Waals surface area contributed by atoms with Gasteiger partial charge in [-0.25, -0.2) is 0 Å². The van der Waals surface area contributed by atoms with Crippen molar-refractivity contribution < 1.29 is 0 Å². The lowest BCUT2D eigenvalue weighted by Crippen LogP contribution is -2.23. The van der Waals surface area contributed by atoms with Crippen molar-refractivity contribution in [2.45, 2.75) is 26.4 Å². The fraction of sp³-hybridized carbons (Fsp3) is 0.308. The predicted molar refractivity (Wildman–Crippen MR) is 70.9 cm³/mol. The Balaban J connectivity index is 2.05. The Morgan fingerprint density at radius 1 is 1.41 bits per heavy atom. The molecule has 1 heterocycles. The van der Waals surface area contributed by atoms with Crippen molar-refractivity contribution >= 4 is 11.4 Å². The molecule has 0 aliphatic heterocycles. The number of anilines is 2. The molecule has 0 amide bonds. The lowest BCUT2D eigenvalue weighted by Gasteiger charge is -2.18. The number of benzene rings is 1. The van der Waals surface area contributed by atoms with Gasteiger partial charge in [0.05, 0.1) is 17.9 Å². The van der Waals surface area contributed by atoms with Gasteiger partial charge >= 0.3 is 0 Å². The first-order chi connectivity index (χ1) is 8.16. The SMILES string of the molecule is Cc1cccc(N)c1NC(C)Cn1cccn1. The smallest absolute Gasteiger partial charge is 0.0608 e. The van der Waals surface area contributed by atoms with Crippen molar-refractivity contribution in [1.29, 1.82) is 0 Å². The second-order valence-electron chi connectivity index (χ2n) is 4.31. The average molecular weight is 230 g/mol. The minimum Gasteiger partial charge on any atom is -0.397 e. The molecule has 17 heavy (non-hydrogen) atoms. The summed E-state index contributed by atoms with van der Waals surface area (Å²) < 4.78 is 1.91. The van der Waals surface area contributed by atoms with Gasteiger partial charge in [0, 0.05) is 18.4 Å². The van der Waals surface area contributed by atoms with Crippen LogP contribution < -0.4 is 11.1 Å². The number of nitrogen functional groups attached to an aromatic ring is 1. The monoisotopic (exact) mass is 230 g/mol. The van der Waals surface area contributed by atoms with Crippen molar-refractivity contribution in [3.05, 3.63) is 42.2 Å². The predicted octanol–water partition coefficient (Wildman–Crippen LogP) is 2.27. The molecule has 0 radical (unpaired) electrons. The lowest BCUT2D eigenvalue weighted by atomic mass is 10.1. The maximum atomic E-state index is 5.96. The third kappa shape index (κ3) is 2.78.